The van der Waals surface area contributed by atoms with Gasteiger partial charge in [0.25, 0.3) is 5.91 Å². The Balaban J connectivity index is 1.71. The third-order valence-electron chi connectivity index (χ3n) is 3.70. The van der Waals surface area contributed by atoms with Crippen molar-refractivity contribution in [1.82, 2.24) is 4.90 Å². The third-order valence-corrected chi connectivity index (χ3v) is 3.70. The van der Waals surface area contributed by atoms with Crippen molar-refractivity contribution >= 4 is 17.8 Å². The number of carbonyl (C=O) groups excluding carboxylic acids is 3. The molecule has 130 valence electrons. The third kappa shape index (κ3) is 5.22. The van der Waals surface area contributed by atoms with E-state index in [9.17, 15) is 18.8 Å². The molecule has 0 aliphatic carbocycles. The fourth-order valence-corrected chi connectivity index (χ4v) is 2.38. The standard InChI is InChI=1S/C16H19FN2O5/c17-12-3-5-13(6-4-12)23-10-15(21)24-9-14(20)19-7-1-2-11(8-19)16(18)22/h3-6,11H,1-2,7-10H2,(H2,18,22)/t11-/m0/s1. The van der Waals surface area contributed by atoms with Gasteiger partial charge in [-0.3, -0.25) is 9.59 Å². The second kappa shape index (κ2) is 8.28. The maximum atomic E-state index is 12.7. The molecule has 8 heteroatoms. The van der Waals surface area contributed by atoms with E-state index < -0.39 is 24.3 Å². The highest BCUT2D eigenvalue weighted by Crippen LogP contribution is 2.16. The number of likely N-dealkylation sites (tertiary alicyclic amines) is 1. The van der Waals surface area contributed by atoms with Gasteiger partial charge in [-0.05, 0) is 37.1 Å². The summed E-state index contributed by atoms with van der Waals surface area (Å²) in [5.41, 5.74) is 5.25. The number of esters is 1. The molecule has 0 unspecified atom stereocenters. The number of nitrogens with two attached hydrogens (primary N) is 1. The van der Waals surface area contributed by atoms with Crippen molar-refractivity contribution < 1.29 is 28.2 Å². The van der Waals surface area contributed by atoms with E-state index in [2.05, 4.69) is 0 Å². The number of piperidine rings is 1. The minimum Gasteiger partial charge on any atom is -0.482 e. The summed E-state index contributed by atoms with van der Waals surface area (Å²) in [6.45, 7) is -0.0516. The number of carbonyl (C=O) groups is 3. The van der Waals surface area contributed by atoms with Gasteiger partial charge in [-0.15, -0.1) is 0 Å². The van der Waals surface area contributed by atoms with Gasteiger partial charge in [0.15, 0.2) is 13.2 Å². The van der Waals surface area contributed by atoms with Crippen LogP contribution in [-0.2, 0) is 19.1 Å². The predicted molar refractivity (Wildman–Crippen MR) is 81.4 cm³/mol. The zero-order valence-electron chi connectivity index (χ0n) is 13.1. The lowest BCUT2D eigenvalue weighted by molar-refractivity contribution is -0.154. The first kappa shape index (κ1) is 17.7. The number of hydrogen-bond acceptors (Lipinski definition) is 5. The van der Waals surface area contributed by atoms with Crippen LogP contribution in [0.2, 0.25) is 0 Å². The van der Waals surface area contributed by atoms with E-state index >= 15 is 0 Å². The molecular formula is C16H19FN2O5. The number of benzene rings is 1. The zero-order chi connectivity index (χ0) is 17.5. The summed E-state index contributed by atoms with van der Waals surface area (Å²) in [6.07, 6.45) is 1.34. The highest BCUT2D eigenvalue weighted by atomic mass is 19.1. The van der Waals surface area contributed by atoms with Crippen molar-refractivity contribution in [3.63, 3.8) is 0 Å². The van der Waals surface area contributed by atoms with Crippen molar-refractivity contribution in [2.24, 2.45) is 11.7 Å². The maximum Gasteiger partial charge on any atom is 0.344 e. The van der Waals surface area contributed by atoms with E-state index in [1.54, 1.807) is 0 Å². The average molecular weight is 338 g/mol. The Kier molecular flexibility index (Phi) is 6.11. The molecule has 0 bridgehead atoms. The van der Waals surface area contributed by atoms with Gasteiger partial charge in [-0.25, -0.2) is 9.18 Å². The summed E-state index contributed by atoms with van der Waals surface area (Å²) >= 11 is 0. The molecule has 0 aromatic heterocycles. The van der Waals surface area contributed by atoms with E-state index in [0.29, 0.717) is 25.1 Å². The summed E-state index contributed by atoms with van der Waals surface area (Å²) in [6, 6.07) is 5.17. The molecule has 1 heterocycles. The van der Waals surface area contributed by atoms with Crippen LogP contribution in [0.3, 0.4) is 0 Å². The van der Waals surface area contributed by atoms with Crippen LogP contribution in [0, 0.1) is 11.7 Å². The average Bonchev–Trinajstić information content (AvgIpc) is 2.59. The molecule has 1 fully saturated rings. The Morgan fingerprint density at radius 1 is 1.21 bits per heavy atom. The van der Waals surface area contributed by atoms with Gasteiger partial charge < -0.3 is 20.1 Å². The first-order chi connectivity index (χ1) is 11.5. The number of halogens is 1. The molecule has 1 atom stereocenters. The van der Waals surface area contributed by atoms with Gasteiger partial charge in [-0.1, -0.05) is 0 Å². The van der Waals surface area contributed by atoms with Crippen molar-refractivity contribution in [3.8, 4) is 5.75 Å². The summed E-state index contributed by atoms with van der Waals surface area (Å²) < 4.78 is 22.7. The molecule has 0 spiro atoms. The fourth-order valence-electron chi connectivity index (χ4n) is 2.38. The molecule has 0 saturated carbocycles. The lowest BCUT2D eigenvalue weighted by Crippen LogP contribution is -2.45. The zero-order valence-corrected chi connectivity index (χ0v) is 13.1. The van der Waals surface area contributed by atoms with Crippen LogP contribution in [-0.4, -0.2) is 49.0 Å². The van der Waals surface area contributed by atoms with Gasteiger partial charge in [0.1, 0.15) is 11.6 Å². The van der Waals surface area contributed by atoms with E-state index in [-0.39, 0.29) is 25.0 Å². The molecule has 1 aliphatic heterocycles. The molecule has 1 saturated heterocycles. The molecule has 1 aromatic rings. The van der Waals surface area contributed by atoms with Crippen molar-refractivity contribution in [1.29, 1.82) is 0 Å². The minimum absolute atomic E-state index is 0.248. The van der Waals surface area contributed by atoms with Gasteiger partial charge in [0.2, 0.25) is 5.91 Å². The number of hydrogen-bond donors (Lipinski definition) is 1. The smallest absolute Gasteiger partial charge is 0.344 e. The summed E-state index contributed by atoms with van der Waals surface area (Å²) in [5, 5.41) is 0. The molecular weight excluding hydrogens is 319 g/mol. The summed E-state index contributed by atoms with van der Waals surface area (Å²) in [4.78, 5) is 36.2. The van der Waals surface area contributed by atoms with Crippen LogP contribution in [0.15, 0.2) is 24.3 Å². The molecule has 24 heavy (non-hydrogen) atoms. The molecule has 2 amide bonds. The lowest BCUT2D eigenvalue weighted by Gasteiger charge is -2.31. The summed E-state index contributed by atoms with van der Waals surface area (Å²) in [7, 11) is 0. The van der Waals surface area contributed by atoms with Gasteiger partial charge in [-0.2, -0.15) is 0 Å². The second-order valence-electron chi connectivity index (χ2n) is 5.48. The van der Waals surface area contributed by atoms with Gasteiger partial charge >= 0.3 is 5.97 Å². The Bertz CT molecular complexity index is 605. The first-order valence-electron chi connectivity index (χ1n) is 7.57. The topological polar surface area (TPSA) is 98.9 Å². The van der Waals surface area contributed by atoms with E-state index in [4.69, 9.17) is 15.2 Å². The molecule has 0 radical (unpaired) electrons. The van der Waals surface area contributed by atoms with E-state index in [1.165, 1.54) is 29.2 Å². The van der Waals surface area contributed by atoms with E-state index in [0.717, 1.165) is 0 Å². The molecule has 7 nitrogen and oxygen atoms in total. The van der Waals surface area contributed by atoms with Gasteiger partial charge in [0.05, 0.1) is 5.92 Å². The number of primary amides is 1. The monoisotopic (exact) mass is 338 g/mol. The quantitative estimate of drug-likeness (QED) is 0.760. The van der Waals surface area contributed by atoms with E-state index in [1.807, 2.05) is 0 Å². The molecule has 2 N–H and O–H groups in total. The Hall–Kier alpha value is -2.64. The van der Waals surface area contributed by atoms with Crippen LogP contribution in [0.1, 0.15) is 12.8 Å². The Morgan fingerprint density at radius 3 is 2.58 bits per heavy atom. The Labute approximate surface area is 138 Å². The summed E-state index contributed by atoms with van der Waals surface area (Å²) in [5.74, 6) is -1.98. The lowest BCUT2D eigenvalue weighted by atomic mass is 9.97. The highest BCUT2D eigenvalue weighted by molar-refractivity contribution is 5.82. The SMILES string of the molecule is NC(=O)[C@H]1CCCN(C(=O)COC(=O)COc2ccc(F)cc2)C1. The van der Waals surface area contributed by atoms with Crippen LogP contribution in [0.5, 0.6) is 5.75 Å². The fraction of sp³-hybridized carbons (Fsp3) is 0.438. The molecule has 2 rings (SSSR count). The highest BCUT2D eigenvalue weighted by Gasteiger charge is 2.27. The van der Waals surface area contributed by atoms with Crippen LogP contribution in [0.25, 0.3) is 0 Å². The number of ether oxygens (including phenoxy) is 2. The Morgan fingerprint density at radius 2 is 1.92 bits per heavy atom. The number of nitrogens with zero attached hydrogens (tertiary/aromatic N) is 1. The number of amides is 2. The molecule has 1 aliphatic rings. The van der Waals surface area contributed by atoms with Crippen LogP contribution >= 0.6 is 0 Å². The predicted octanol–water partition coefficient (Wildman–Crippen LogP) is 0.472. The largest absolute Gasteiger partial charge is 0.482 e. The van der Waals surface area contributed by atoms with Gasteiger partial charge in [0, 0.05) is 13.1 Å². The second-order valence-corrected chi connectivity index (χ2v) is 5.48. The maximum absolute atomic E-state index is 12.7. The number of rotatable bonds is 6. The van der Waals surface area contributed by atoms with Crippen LogP contribution in [0.4, 0.5) is 4.39 Å². The minimum atomic E-state index is -0.712. The first-order valence-corrected chi connectivity index (χ1v) is 7.57. The van der Waals surface area contributed by atoms with Crippen LogP contribution < -0.4 is 10.5 Å². The van der Waals surface area contributed by atoms with Crippen molar-refractivity contribution in [3.05, 3.63) is 30.1 Å². The normalized spacial score (nSPS) is 17.2. The molecule has 1 aromatic carbocycles. The van der Waals surface area contributed by atoms with Crippen molar-refractivity contribution in [2.75, 3.05) is 26.3 Å². The van der Waals surface area contributed by atoms with Crippen molar-refractivity contribution in [2.45, 2.75) is 12.8 Å².